The largest absolute Gasteiger partial charge is 0.382 e. The molecule has 4 N–H and O–H groups in total. The van der Waals surface area contributed by atoms with Gasteiger partial charge >= 0.3 is 0 Å². The highest BCUT2D eigenvalue weighted by Crippen LogP contribution is 2.11. The number of hydrogen-bond acceptors (Lipinski definition) is 5. The third-order valence-corrected chi connectivity index (χ3v) is 2.41. The van der Waals surface area contributed by atoms with Crippen molar-refractivity contribution in [3.05, 3.63) is 23.4 Å². The molecule has 0 radical (unpaired) electrons. The molecule has 1 amide bonds. The van der Waals surface area contributed by atoms with Crippen LogP contribution in [0.1, 0.15) is 21.9 Å². The second kappa shape index (κ2) is 4.24. The van der Waals surface area contributed by atoms with Crippen molar-refractivity contribution < 1.29 is 4.79 Å². The molecule has 8 nitrogen and oxygen atoms in total. The van der Waals surface area contributed by atoms with Crippen LogP contribution in [-0.4, -0.2) is 30.9 Å². The minimum Gasteiger partial charge on any atom is -0.382 e. The average molecular weight is 235 g/mol. The minimum atomic E-state index is -0.281. The third kappa shape index (κ3) is 2.10. The normalized spacial score (nSPS) is 10.5. The number of nitrogens with one attached hydrogen (secondary N) is 2. The fourth-order valence-electron chi connectivity index (χ4n) is 1.45. The van der Waals surface area contributed by atoms with Crippen LogP contribution in [0.4, 0.5) is 5.82 Å². The van der Waals surface area contributed by atoms with Gasteiger partial charge in [0.2, 0.25) is 0 Å². The van der Waals surface area contributed by atoms with Crippen molar-refractivity contribution in [2.75, 3.05) is 5.73 Å². The molecule has 0 aliphatic heterocycles. The quantitative estimate of drug-likeness (QED) is 0.654. The Bertz CT molecular complexity index is 522. The van der Waals surface area contributed by atoms with Crippen LogP contribution in [0.15, 0.2) is 6.33 Å². The number of aryl methyl sites for hydroxylation is 2. The van der Waals surface area contributed by atoms with Gasteiger partial charge in [0.05, 0.1) is 6.54 Å². The molecule has 0 saturated carbocycles. The highest BCUT2D eigenvalue weighted by Gasteiger charge is 2.16. The number of carbonyl (C=O) groups excluding carboxylic acids is 1. The van der Waals surface area contributed by atoms with Crippen LogP contribution in [0.2, 0.25) is 0 Å². The molecule has 2 aromatic rings. The summed E-state index contributed by atoms with van der Waals surface area (Å²) < 4.78 is 1.73. The zero-order chi connectivity index (χ0) is 12.4. The summed E-state index contributed by atoms with van der Waals surface area (Å²) in [6.45, 7) is 2.03. The summed E-state index contributed by atoms with van der Waals surface area (Å²) in [6.07, 6.45) is 1.57. The van der Waals surface area contributed by atoms with E-state index in [9.17, 15) is 4.79 Å². The number of rotatable bonds is 3. The second-order valence-corrected chi connectivity index (χ2v) is 3.65. The van der Waals surface area contributed by atoms with E-state index in [-0.39, 0.29) is 11.7 Å². The first-order valence-corrected chi connectivity index (χ1v) is 5.01. The average Bonchev–Trinajstić information content (AvgIpc) is 2.83. The lowest BCUT2D eigenvalue weighted by Crippen LogP contribution is -2.25. The monoisotopic (exact) mass is 235 g/mol. The number of H-pyrrole nitrogens is 1. The molecular weight excluding hydrogens is 222 g/mol. The molecule has 8 heteroatoms. The van der Waals surface area contributed by atoms with Crippen molar-refractivity contribution in [1.82, 2.24) is 30.3 Å². The molecule has 2 heterocycles. The number of carbonyl (C=O) groups is 1. The van der Waals surface area contributed by atoms with Crippen molar-refractivity contribution in [2.24, 2.45) is 7.05 Å². The zero-order valence-electron chi connectivity index (χ0n) is 9.56. The minimum absolute atomic E-state index is 0.193. The maximum absolute atomic E-state index is 11.8. The topological polar surface area (TPSA) is 115 Å². The lowest BCUT2D eigenvalue weighted by atomic mass is 10.2. The van der Waals surface area contributed by atoms with Gasteiger partial charge in [-0.15, -0.1) is 10.2 Å². The van der Waals surface area contributed by atoms with Crippen molar-refractivity contribution >= 4 is 11.7 Å². The molecule has 2 aromatic heterocycles. The van der Waals surface area contributed by atoms with Gasteiger partial charge in [-0.1, -0.05) is 0 Å². The highest BCUT2D eigenvalue weighted by atomic mass is 16.1. The molecule has 0 unspecified atom stereocenters. The van der Waals surface area contributed by atoms with Gasteiger partial charge in [-0.2, -0.15) is 5.10 Å². The molecule has 0 atom stereocenters. The van der Waals surface area contributed by atoms with Gasteiger partial charge in [-0.05, 0) is 6.92 Å². The van der Waals surface area contributed by atoms with Crippen LogP contribution in [0.5, 0.6) is 0 Å². The molecule has 0 fully saturated rings. The van der Waals surface area contributed by atoms with E-state index in [0.29, 0.717) is 23.6 Å². The van der Waals surface area contributed by atoms with E-state index in [1.165, 1.54) is 0 Å². The first-order valence-electron chi connectivity index (χ1n) is 5.01. The van der Waals surface area contributed by atoms with Crippen LogP contribution in [0, 0.1) is 6.92 Å². The highest BCUT2D eigenvalue weighted by molar-refractivity contribution is 5.99. The molecular formula is C9H13N7O. The van der Waals surface area contributed by atoms with Gasteiger partial charge in [0.25, 0.3) is 5.91 Å². The molecule has 0 saturated heterocycles. The number of aromatic nitrogens is 5. The van der Waals surface area contributed by atoms with E-state index in [4.69, 9.17) is 5.73 Å². The predicted molar refractivity (Wildman–Crippen MR) is 59.9 cm³/mol. The van der Waals surface area contributed by atoms with Crippen LogP contribution in [0.25, 0.3) is 0 Å². The van der Waals surface area contributed by atoms with Gasteiger partial charge in [0.1, 0.15) is 11.9 Å². The smallest absolute Gasteiger partial charge is 0.257 e. The summed E-state index contributed by atoms with van der Waals surface area (Å²) >= 11 is 0. The number of nitrogens with zero attached hydrogens (tertiary/aromatic N) is 4. The van der Waals surface area contributed by atoms with Crippen LogP contribution in [0.3, 0.4) is 0 Å². The molecule has 2 rings (SSSR count). The summed E-state index contributed by atoms with van der Waals surface area (Å²) in [5.74, 6) is 0.577. The van der Waals surface area contributed by atoms with Gasteiger partial charge in [0.15, 0.2) is 11.6 Å². The van der Waals surface area contributed by atoms with Gasteiger partial charge in [0, 0.05) is 12.7 Å². The molecule has 0 aliphatic carbocycles. The van der Waals surface area contributed by atoms with Crippen molar-refractivity contribution in [3.63, 3.8) is 0 Å². The Hall–Kier alpha value is -2.38. The fourth-order valence-corrected chi connectivity index (χ4v) is 1.45. The number of anilines is 1. The summed E-state index contributed by atoms with van der Waals surface area (Å²) in [4.78, 5) is 11.8. The standard InChI is InChI=1S/C9H13N7O/c1-5-7(8(10)15-13-5)9(17)11-3-6-14-12-4-16(6)2/h4H,3H2,1-2H3,(H,11,17)(H3,10,13,15). The van der Waals surface area contributed by atoms with E-state index < -0.39 is 0 Å². The fraction of sp³-hybridized carbons (Fsp3) is 0.333. The van der Waals surface area contributed by atoms with E-state index in [1.54, 1.807) is 24.9 Å². The van der Waals surface area contributed by atoms with Crippen LogP contribution in [-0.2, 0) is 13.6 Å². The van der Waals surface area contributed by atoms with Crippen molar-refractivity contribution in [2.45, 2.75) is 13.5 Å². The maximum Gasteiger partial charge on any atom is 0.257 e. The Morgan fingerprint density at radius 1 is 1.65 bits per heavy atom. The first-order chi connectivity index (χ1) is 8.09. The molecule has 0 aromatic carbocycles. The first kappa shape index (κ1) is 11.1. The van der Waals surface area contributed by atoms with Crippen LogP contribution < -0.4 is 11.1 Å². The Morgan fingerprint density at radius 3 is 2.94 bits per heavy atom. The van der Waals surface area contributed by atoms with E-state index in [1.807, 2.05) is 0 Å². The lowest BCUT2D eigenvalue weighted by Gasteiger charge is -2.04. The number of nitrogens with two attached hydrogens (primary N) is 1. The summed E-state index contributed by atoms with van der Waals surface area (Å²) in [5.41, 5.74) is 6.59. The number of aromatic amines is 1. The Kier molecular flexibility index (Phi) is 2.77. The maximum atomic E-state index is 11.8. The number of hydrogen-bond donors (Lipinski definition) is 3. The summed E-state index contributed by atoms with van der Waals surface area (Å²) in [6, 6.07) is 0. The third-order valence-electron chi connectivity index (χ3n) is 2.41. The summed E-state index contributed by atoms with van der Waals surface area (Å²) in [7, 11) is 1.80. The molecule has 90 valence electrons. The molecule has 0 aliphatic rings. The molecule has 0 spiro atoms. The predicted octanol–water partition coefficient (Wildman–Crippen LogP) is -0.641. The number of amides is 1. The SMILES string of the molecule is Cc1[nH]nc(N)c1C(=O)NCc1nncn1C. The lowest BCUT2D eigenvalue weighted by molar-refractivity contribution is 0.0950. The van der Waals surface area contributed by atoms with Crippen molar-refractivity contribution in [3.8, 4) is 0 Å². The Labute approximate surface area is 97.2 Å². The Morgan fingerprint density at radius 2 is 2.41 bits per heavy atom. The Balaban J connectivity index is 2.06. The van der Waals surface area contributed by atoms with E-state index >= 15 is 0 Å². The second-order valence-electron chi connectivity index (χ2n) is 3.65. The van der Waals surface area contributed by atoms with E-state index in [0.717, 1.165) is 0 Å². The van der Waals surface area contributed by atoms with Crippen LogP contribution >= 0.6 is 0 Å². The van der Waals surface area contributed by atoms with Gasteiger partial charge < -0.3 is 15.6 Å². The molecule has 17 heavy (non-hydrogen) atoms. The van der Waals surface area contributed by atoms with Gasteiger partial charge in [-0.3, -0.25) is 9.89 Å². The summed E-state index contributed by atoms with van der Waals surface area (Å²) in [5, 5.41) is 16.7. The van der Waals surface area contributed by atoms with E-state index in [2.05, 4.69) is 25.7 Å². The van der Waals surface area contributed by atoms with Crippen molar-refractivity contribution in [1.29, 1.82) is 0 Å². The molecule has 0 bridgehead atoms. The van der Waals surface area contributed by atoms with Gasteiger partial charge in [-0.25, -0.2) is 0 Å². The zero-order valence-corrected chi connectivity index (χ0v) is 9.56. The number of nitrogen functional groups attached to an aromatic ring is 1.